The van der Waals surface area contributed by atoms with Crippen LogP contribution in [-0.4, -0.2) is 25.7 Å². The number of hydrogen-bond acceptors (Lipinski definition) is 3. The molecule has 0 spiro atoms. The largest absolute Gasteiger partial charge is 0.496 e. The summed E-state index contributed by atoms with van der Waals surface area (Å²) in [6.45, 7) is 1.87. The van der Waals surface area contributed by atoms with Gasteiger partial charge in [-0.15, -0.1) is 0 Å². The van der Waals surface area contributed by atoms with Crippen molar-refractivity contribution in [3.05, 3.63) is 36.4 Å². The number of carbonyl (C=O) groups excluding carboxylic acids is 1. The van der Waals surface area contributed by atoms with Crippen LogP contribution in [0.3, 0.4) is 0 Å². The van der Waals surface area contributed by atoms with Crippen molar-refractivity contribution < 1.29 is 14.3 Å². The van der Waals surface area contributed by atoms with E-state index in [1.807, 2.05) is 43.3 Å². The van der Waals surface area contributed by atoms with Crippen LogP contribution in [0.4, 0.5) is 5.69 Å². The summed E-state index contributed by atoms with van der Waals surface area (Å²) in [7, 11) is 3.25. The monoisotopic (exact) mass is 299 g/mol. The summed E-state index contributed by atoms with van der Waals surface area (Å²) in [5.74, 6) is 1.01. The zero-order valence-electron chi connectivity index (χ0n) is 13.2. The van der Waals surface area contributed by atoms with Gasteiger partial charge in [-0.25, -0.2) is 0 Å². The molecule has 4 nitrogen and oxygen atoms in total. The average molecular weight is 299 g/mol. The van der Waals surface area contributed by atoms with Gasteiger partial charge in [-0.1, -0.05) is 24.3 Å². The van der Waals surface area contributed by atoms with Crippen molar-refractivity contribution in [3.8, 4) is 5.75 Å². The molecular weight excluding hydrogens is 278 g/mol. The molecule has 4 heteroatoms. The smallest absolute Gasteiger partial charge is 0.256 e. The molecule has 0 aromatic heterocycles. The highest BCUT2D eigenvalue weighted by molar-refractivity contribution is 6.06. The normalized spacial score (nSPS) is 17.0. The molecule has 1 fully saturated rings. The van der Waals surface area contributed by atoms with Gasteiger partial charge in [0.1, 0.15) is 11.4 Å². The molecular formula is C18H21NO3. The van der Waals surface area contributed by atoms with Crippen LogP contribution >= 0.6 is 0 Å². The topological polar surface area (TPSA) is 47.6 Å². The number of methoxy groups -OCH3 is 2. The van der Waals surface area contributed by atoms with Gasteiger partial charge in [0.15, 0.2) is 0 Å². The lowest BCUT2D eigenvalue weighted by Crippen LogP contribution is -2.44. The van der Waals surface area contributed by atoms with Crippen LogP contribution in [0, 0.1) is 5.92 Å². The summed E-state index contributed by atoms with van der Waals surface area (Å²) in [6, 6.07) is 11.6. The highest BCUT2D eigenvalue weighted by atomic mass is 16.5. The number of hydrogen-bond donors (Lipinski definition) is 1. The molecule has 2 aromatic rings. The van der Waals surface area contributed by atoms with E-state index in [1.165, 1.54) is 0 Å². The first-order chi connectivity index (χ1) is 10.6. The predicted molar refractivity (Wildman–Crippen MR) is 87.3 cm³/mol. The molecule has 1 amide bonds. The molecule has 0 aliphatic heterocycles. The Balaban J connectivity index is 1.96. The fraction of sp³-hybridized carbons (Fsp3) is 0.389. The third-order valence-electron chi connectivity index (χ3n) is 4.58. The van der Waals surface area contributed by atoms with Crippen LogP contribution in [-0.2, 0) is 9.53 Å². The number of nitrogens with one attached hydrogen (secondary N) is 1. The lowest BCUT2D eigenvalue weighted by molar-refractivity contribution is -0.138. The van der Waals surface area contributed by atoms with Gasteiger partial charge in [0, 0.05) is 23.6 Å². The molecule has 22 heavy (non-hydrogen) atoms. The number of fused-ring (bicyclic) bond motifs is 1. The second kappa shape index (κ2) is 5.61. The minimum Gasteiger partial charge on any atom is -0.496 e. The molecule has 1 N–H and O–H groups in total. The number of carbonyl (C=O) groups is 1. The van der Waals surface area contributed by atoms with Crippen molar-refractivity contribution in [3.63, 3.8) is 0 Å². The van der Waals surface area contributed by atoms with E-state index in [-0.39, 0.29) is 5.91 Å². The first kappa shape index (κ1) is 14.9. The number of rotatable bonds is 5. The predicted octanol–water partition coefficient (Wildman–Crippen LogP) is 3.60. The van der Waals surface area contributed by atoms with Crippen LogP contribution in [0.5, 0.6) is 5.75 Å². The number of amides is 1. The SMILES string of the molecule is COc1ccc(NC(=O)[C@@](C)(OC)C2CC2)c2ccccc12. The zero-order chi connectivity index (χ0) is 15.7. The average Bonchev–Trinajstić information content (AvgIpc) is 3.39. The van der Waals surface area contributed by atoms with Gasteiger partial charge in [-0.3, -0.25) is 4.79 Å². The Kier molecular flexibility index (Phi) is 3.79. The summed E-state index contributed by atoms with van der Waals surface area (Å²) in [5.41, 5.74) is 0.0198. The van der Waals surface area contributed by atoms with E-state index in [1.54, 1.807) is 14.2 Å². The van der Waals surface area contributed by atoms with Gasteiger partial charge in [-0.05, 0) is 37.8 Å². The minimum absolute atomic E-state index is 0.0900. The molecule has 3 rings (SSSR count). The van der Waals surface area contributed by atoms with Crippen molar-refractivity contribution in [1.29, 1.82) is 0 Å². The van der Waals surface area contributed by atoms with Crippen LogP contribution < -0.4 is 10.1 Å². The molecule has 0 unspecified atom stereocenters. The van der Waals surface area contributed by atoms with Crippen molar-refractivity contribution in [2.75, 3.05) is 19.5 Å². The van der Waals surface area contributed by atoms with Crippen molar-refractivity contribution in [2.45, 2.75) is 25.4 Å². The van der Waals surface area contributed by atoms with E-state index >= 15 is 0 Å². The van der Waals surface area contributed by atoms with E-state index in [4.69, 9.17) is 9.47 Å². The first-order valence-corrected chi connectivity index (χ1v) is 7.52. The standard InChI is InChI=1S/C18H21NO3/c1-18(22-3,12-8-9-12)17(20)19-15-10-11-16(21-2)14-7-5-4-6-13(14)15/h4-7,10-12H,8-9H2,1-3H3,(H,19,20)/t18-/m0/s1. The number of benzene rings is 2. The lowest BCUT2D eigenvalue weighted by Gasteiger charge is -2.27. The fourth-order valence-corrected chi connectivity index (χ4v) is 2.88. The van der Waals surface area contributed by atoms with E-state index in [2.05, 4.69) is 5.32 Å². The third-order valence-corrected chi connectivity index (χ3v) is 4.58. The molecule has 1 aliphatic rings. The molecule has 0 radical (unpaired) electrons. The third kappa shape index (κ3) is 2.44. The molecule has 0 saturated heterocycles. The van der Waals surface area contributed by atoms with E-state index in [0.717, 1.165) is 35.1 Å². The summed E-state index contributed by atoms with van der Waals surface area (Å²) in [4.78, 5) is 12.7. The Morgan fingerprint density at radius 3 is 2.41 bits per heavy atom. The Labute approximate surface area is 130 Å². The molecule has 0 bridgehead atoms. The van der Waals surface area contributed by atoms with Crippen molar-refractivity contribution in [2.24, 2.45) is 5.92 Å². The second-order valence-corrected chi connectivity index (χ2v) is 5.90. The molecule has 2 aromatic carbocycles. The fourth-order valence-electron chi connectivity index (χ4n) is 2.88. The molecule has 0 heterocycles. The van der Waals surface area contributed by atoms with Gasteiger partial charge >= 0.3 is 0 Å². The first-order valence-electron chi connectivity index (χ1n) is 7.52. The quantitative estimate of drug-likeness (QED) is 0.917. The van der Waals surface area contributed by atoms with E-state index in [9.17, 15) is 4.79 Å². The molecule has 1 atom stereocenters. The Bertz CT molecular complexity index is 709. The summed E-state index contributed by atoms with van der Waals surface area (Å²) < 4.78 is 10.9. The molecule has 1 aliphatic carbocycles. The summed E-state index contributed by atoms with van der Waals surface area (Å²) >= 11 is 0. The Morgan fingerprint density at radius 2 is 1.82 bits per heavy atom. The van der Waals surface area contributed by atoms with Crippen molar-refractivity contribution in [1.82, 2.24) is 0 Å². The Morgan fingerprint density at radius 1 is 1.14 bits per heavy atom. The van der Waals surface area contributed by atoms with Crippen LogP contribution in [0.25, 0.3) is 10.8 Å². The number of ether oxygens (including phenoxy) is 2. The van der Waals surface area contributed by atoms with Gasteiger partial charge in [0.05, 0.1) is 7.11 Å². The summed E-state index contributed by atoms with van der Waals surface area (Å²) in [5, 5.41) is 4.97. The van der Waals surface area contributed by atoms with E-state index in [0.29, 0.717) is 5.92 Å². The molecule has 1 saturated carbocycles. The maximum absolute atomic E-state index is 12.7. The zero-order valence-corrected chi connectivity index (χ0v) is 13.2. The highest BCUT2D eigenvalue weighted by Crippen LogP contribution is 2.42. The van der Waals surface area contributed by atoms with Crippen LogP contribution in [0.2, 0.25) is 0 Å². The van der Waals surface area contributed by atoms with Gasteiger partial charge < -0.3 is 14.8 Å². The lowest BCUT2D eigenvalue weighted by atomic mass is 9.98. The highest BCUT2D eigenvalue weighted by Gasteiger charge is 2.47. The van der Waals surface area contributed by atoms with Gasteiger partial charge in [0.25, 0.3) is 5.91 Å². The van der Waals surface area contributed by atoms with Gasteiger partial charge in [0.2, 0.25) is 0 Å². The summed E-state index contributed by atoms with van der Waals surface area (Å²) in [6.07, 6.45) is 2.09. The van der Waals surface area contributed by atoms with Gasteiger partial charge in [-0.2, -0.15) is 0 Å². The maximum atomic E-state index is 12.7. The van der Waals surface area contributed by atoms with Crippen LogP contribution in [0.15, 0.2) is 36.4 Å². The minimum atomic E-state index is -0.763. The molecule has 116 valence electrons. The number of anilines is 1. The van der Waals surface area contributed by atoms with Crippen molar-refractivity contribution >= 4 is 22.4 Å². The van der Waals surface area contributed by atoms with Crippen LogP contribution in [0.1, 0.15) is 19.8 Å². The Hall–Kier alpha value is -2.07. The maximum Gasteiger partial charge on any atom is 0.256 e. The van der Waals surface area contributed by atoms with E-state index < -0.39 is 5.60 Å². The second-order valence-electron chi connectivity index (χ2n) is 5.90.